The van der Waals surface area contributed by atoms with Crippen LogP contribution < -0.4 is 20.1 Å². The molecule has 2 aromatic carbocycles. The van der Waals surface area contributed by atoms with E-state index in [-0.39, 0.29) is 24.9 Å². The molecule has 8 nitrogen and oxygen atoms in total. The van der Waals surface area contributed by atoms with Gasteiger partial charge in [-0.3, -0.25) is 14.5 Å². The summed E-state index contributed by atoms with van der Waals surface area (Å²) < 4.78 is 11.1. The molecule has 29 heavy (non-hydrogen) atoms. The topological polar surface area (TPSA) is 97.0 Å². The highest BCUT2D eigenvalue weighted by molar-refractivity contribution is 9.10. The third-order valence-corrected chi connectivity index (χ3v) is 4.92. The van der Waals surface area contributed by atoms with Gasteiger partial charge in [0.15, 0.2) is 0 Å². The Bertz CT molecular complexity index is 963. The van der Waals surface area contributed by atoms with E-state index in [1.807, 2.05) is 0 Å². The van der Waals surface area contributed by atoms with E-state index in [4.69, 9.17) is 9.47 Å². The Morgan fingerprint density at radius 3 is 2.52 bits per heavy atom. The van der Waals surface area contributed by atoms with Crippen molar-refractivity contribution in [2.24, 2.45) is 0 Å². The molecule has 0 fully saturated rings. The molecule has 9 heteroatoms. The number of carbonyl (C=O) groups excluding carboxylic acids is 3. The largest absolute Gasteiger partial charge is 0.497 e. The maximum atomic E-state index is 12.4. The smallest absolute Gasteiger partial charge is 0.319 e. The standard InChI is InChI=1S/C20H20BrN3O5/c1-28-13-5-7-17(29-2)16(11-13)23-20(27)22-8-3-9-24-18(25)14-6-4-12(21)10-15(14)19(24)26/h4-7,10-11H,3,8-9H2,1-2H3,(H2,22,23,27). The van der Waals surface area contributed by atoms with Crippen molar-refractivity contribution >= 4 is 39.5 Å². The summed E-state index contributed by atoms with van der Waals surface area (Å²) in [7, 11) is 3.04. The van der Waals surface area contributed by atoms with Crippen molar-refractivity contribution in [3.63, 3.8) is 0 Å². The number of hydrogen-bond donors (Lipinski definition) is 2. The number of amides is 4. The summed E-state index contributed by atoms with van der Waals surface area (Å²) in [5.41, 5.74) is 1.25. The van der Waals surface area contributed by atoms with E-state index in [1.54, 1.807) is 36.4 Å². The summed E-state index contributed by atoms with van der Waals surface area (Å²) in [6.45, 7) is 0.502. The zero-order chi connectivity index (χ0) is 21.0. The van der Waals surface area contributed by atoms with Crippen LogP contribution in [0.1, 0.15) is 27.1 Å². The number of rotatable bonds is 7. The molecular formula is C20H20BrN3O5. The zero-order valence-electron chi connectivity index (χ0n) is 16.0. The van der Waals surface area contributed by atoms with Crippen molar-refractivity contribution in [3.8, 4) is 11.5 Å². The van der Waals surface area contributed by atoms with Gasteiger partial charge in [-0.15, -0.1) is 0 Å². The molecule has 0 aromatic heterocycles. The molecule has 3 rings (SSSR count). The number of nitrogens with one attached hydrogen (secondary N) is 2. The first kappa shape index (κ1) is 20.7. The van der Waals surface area contributed by atoms with E-state index in [2.05, 4.69) is 26.6 Å². The number of methoxy groups -OCH3 is 2. The van der Waals surface area contributed by atoms with Crippen LogP contribution in [0.2, 0.25) is 0 Å². The number of nitrogens with zero attached hydrogens (tertiary/aromatic N) is 1. The molecule has 2 N–H and O–H groups in total. The first-order chi connectivity index (χ1) is 13.9. The van der Waals surface area contributed by atoms with E-state index >= 15 is 0 Å². The molecule has 0 saturated carbocycles. The summed E-state index contributed by atoms with van der Waals surface area (Å²) in [5.74, 6) is 0.441. The molecule has 0 bridgehead atoms. The van der Waals surface area contributed by atoms with Crippen molar-refractivity contribution in [2.45, 2.75) is 6.42 Å². The van der Waals surface area contributed by atoms with Crippen molar-refractivity contribution in [1.29, 1.82) is 0 Å². The molecular weight excluding hydrogens is 442 g/mol. The molecule has 152 valence electrons. The Morgan fingerprint density at radius 2 is 1.79 bits per heavy atom. The molecule has 4 amide bonds. The van der Waals surface area contributed by atoms with Gasteiger partial charge in [0.1, 0.15) is 11.5 Å². The van der Waals surface area contributed by atoms with Crippen LogP contribution in [0.15, 0.2) is 40.9 Å². The number of carbonyl (C=O) groups is 3. The lowest BCUT2D eigenvalue weighted by molar-refractivity contribution is 0.0653. The van der Waals surface area contributed by atoms with Crippen molar-refractivity contribution in [2.75, 3.05) is 32.6 Å². The fourth-order valence-corrected chi connectivity index (χ4v) is 3.34. The van der Waals surface area contributed by atoms with Crippen molar-refractivity contribution in [1.82, 2.24) is 10.2 Å². The van der Waals surface area contributed by atoms with Gasteiger partial charge in [-0.2, -0.15) is 0 Å². The number of urea groups is 1. The maximum absolute atomic E-state index is 12.4. The minimum atomic E-state index is -0.428. The van der Waals surface area contributed by atoms with Gasteiger partial charge in [0, 0.05) is 23.6 Å². The summed E-state index contributed by atoms with van der Waals surface area (Å²) >= 11 is 3.31. The Labute approximate surface area is 176 Å². The summed E-state index contributed by atoms with van der Waals surface area (Å²) in [6, 6.07) is 9.64. The van der Waals surface area contributed by atoms with Gasteiger partial charge in [0.2, 0.25) is 0 Å². The monoisotopic (exact) mass is 461 g/mol. The first-order valence-electron chi connectivity index (χ1n) is 8.87. The van der Waals surface area contributed by atoms with Crippen molar-refractivity contribution < 1.29 is 23.9 Å². The highest BCUT2D eigenvalue weighted by Gasteiger charge is 2.34. The number of anilines is 1. The average molecular weight is 462 g/mol. The fourth-order valence-electron chi connectivity index (χ4n) is 2.98. The highest BCUT2D eigenvalue weighted by Crippen LogP contribution is 2.29. The van der Waals surface area contributed by atoms with E-state index in [1.165, 1.54) is 19.1 Å². The number of ether oxygens (including phenoxy) is 2. The fraction of sp³-hybridized carbons (Fsp3) is 0.250. The number of imide groups is 1. The van der Waals surface area contributed by atoms with Gasteiger partial charge < -0.3 is 20.1 Å². The molecule has 2 aromatic rings. The lowest BCUT2D eigenvalue weighted by Gasteiger charge is -2.15. The van der Waals surface area contributed by atoms with Crippen LogP contribution in [-0.4, -0.2) is 50.1 Å². The lowest BCUT2D eigenvalue weighted by atomic mass is 10.1. The Morgan fingerprint density at radius 1 is 1.03 bits per heavy atom. The van der Waals surface area contributed by atoms with Gasteiger partial charge in [-0.1, -0.05) is 15.9 Å². The molecule has 0 atom stereocenters. The van der Waals surface area contributed by atoms with Gasteiger partial charge in [-0.05, 0) is 36.8 Å². The van der Waals surface area contributed by atoms with E-state index in [9.17, 15) is 14.4 Å². The molecule has 1 aliphatic rings. The number of hydrogen-bond acceptors (Lipinski definition) is 5. The minimum Gasteiger partial charge on any atom is -0.497 e. The summed E-state index contributed by atoms with van der Waals surface area (Å²) in [4.78, 5) is 38.1. The van der Waals surface area contributed by atoms with E-state index in [0.717, 1.165) is 4.47 Å². The second-order valence-electron chi connectivity index (χ2n) is 6.25. The lowest BCUT2D eigenvalue weighted by Crippen LogP contribution is -2.35. The summed E-state index contributed by atoms with van der Waals surface area (Å²) in [5, 5.41) is 5.40. The predicted octanol–water partition coefficient (Wildman–Crippen LogP) is 3.27. The second kappa shape index (κ2) is 8.95. The van der Waals surface area contributed by atoms with Crippen molar-refractivity contribution in [3.05, 3.63) is 52.0 Å². The molecule has 1 heterocycles. The van der Waals surface area contributed by atoms with Crippen LogP contribution in [-0.2, 0) is 0 Å². The molecule has 0 spiro atoms. The maximum Gasteiger partial charge on any atom is 0.319 e. The van der Waals surface area contributed by atoms with Gasteiger partial charge in [-0.25, -0.2) is 4.79 Å². The van der Waals surface area contributed by atoms with Crippen LogP contribution in [0, 0.1) is 0 Å². The number of fused-ring (bicyclic) bond motifs is 1. The SMILES string of the molecule is COc1ccc(OC)c(NC(=O)NCCCN2C(=O)c3ccc(Br)cc3C2=O)c1. The Kier molecular flexibility index (Phi) is 6.38. The molecule has 0 saturated heterocycles. The highest BCUT2D eigenvalue weighted by atomic mass is 79.9. The summed E-state index contributed by atoms with van der Waals surface area (Å²) in [6.07, 6.45) is 0.426. The van der Waals surface area contributed by atoms with Gasteiger partial charge in [0.25, 0.3) is 11.8 Å². The average Bonchev–Trinajstić information content (AvgIpc) is 2.95. The molecule has 1 aliphatic heterocycles. The van der Waals surface area contributed by atoms with E-state index < -0.39 is 6.03 Å². The van der Waals surface area contributed by atoms with Crippen LogP contribution in [0.5, 0.6) is 11.5 Å². The van der Waals surface area contributed by atoms with E-state index in [0.29, 0.717) is 34.7 Å². The molecule has 0 unspecified atom stereocenters. The second-order valence-corrected chi connectivity index (χ2v) is 7.17. The van der Waals surface area contributed by atoms with Gasteiger partial charge >= 0.3 is 6.03 Å². The normalized spacial score (nSPS) is 12.6. The molecule has 0 aliphatic carbocycles. The third kappa shape index (κ3) is 4.51. The predicted molar refractivity (Wildman–Crippen MR) is 111 cm³/mol. The van der Waals surface area contributed by atoms with Crippen LogP contribution in [0.4, 0.5) is 10.5 Å². The van der Waals surface area contributed by atoms with Crippen LogP contribution >= 0.6 is 15.9 Å². The van der Waals surface area contributed by atoms with Crippen LogP contribution in [0.3, 0.4) is 0 Å². The minimum absolute atomic E-state index is 0.215. The quantitative estimate of drug-likeness (QED) is 0.487. The number of halogens is 1. The Balaban J connectivity index is 1.51. The first-order valence-corrected chi connectivity index (χ1v) is 9.66. The Hall–Kier alpha value is -3.07. The molecule has 0 radical (unpaired) electrons. The zero-order valence-corrected chi connectivity index (χ0v) is 17.5. The third-order valence-electron chi connectivity index (χ3n) is 4.43. The van der Waals surface area contributed by atoms with Crippen LogP contribution in [0.25, 0.3) is 0 Å². The number of benzene rings is 2. The van der Waals surface area contributed by atoms with Gasteiger partial charge in [0.05, 0.1) is 31.0 Å².